The first-order valence-corrected chi connectivity index (χ1v) is 5.97. The number of nitrogens with zero attached hydrogens (tertiary/aromatic N) is 2. The average Bonchev–Trinajstić information content (AvgIpc) is 2.84. The molecule has 0 fully saturated rings. The number of carbonyl (C=O) groups excluding carboxylic acids is 1. The van der Waals surface area contributed by atoms with Crippen molar-refractivity contribution in [3.05, 3.63) is 40.7 Å². The van der Waals surface area contributed by atoms with Crippen LogP contribution in [0.5, 0.6) is 0 Å². The number of thiazole rings is 1. The molecule has 0 aliphatic heterocycles. The Balaban J connectivity index is 1.98. The van der Waals surface area contributed by atoms with E-state index in [0.717, 1.165) is 12.3 Å². The molecule has 1 N–H and O–H groups in total. The summed E-state index contributed by atoms with van der Waals surface area (Å²) in [5, 5.41) is 3.43. The molecule has 19 heavy (non-hydrogen) atoms. The minimum absolute atomic E-state index is 0.289. The molecule has 0 bridgehead atoms. The molecule has 8 heteroatoms. The average molecular weight is 287 g/mol. The summed E-state index contributed by atoms with van der Waals surface area (Å²) < 4.78 is 36.9. The number of hydrogen-bond acceptors (Lipinski definition) is 5. The molecule has 2 aromatic heterocycles. The summed E-state index contributed by atoms with van der Waals surface area (Å²) in [6.07, 6.45) is -1.17. The van der Waals surface area contributed by atoms with Gasteiger partial charge in [0.25, 0.3) is 0 Å². The van der Waals surface area contributed by atoms with Crippen LogP contribution in [-0.4, -0.2) is 16.3 Å². The summed E-state index contributed by atoms with van der Waals surface area (Å²) in [4.78, 5) is 18.2. The van der Waals surface area contributed by atoms with Crippen LogP contribution in [0.15, 0.2) is 24.5 Å². The minimum atomic E-state index is -4.43. The molecule has 0 unspecified atom stereocenters. The van der Waals surface area contributed by atoms with E-state index in [4.69, 9.17) is 0 Å². The molecule has 100 valence electrons. The van der Waals surface area contributed by atoms with Gasteiger partial charge in [0.2, 0.25) is 0 Å². The number of aldehydes is 1. The third kappa shape index (κ3) is 3.50. The number of aromatic nitrogens is 2. The van der Waals surface area contributed by atoms with Gasteiger partial charge in [-0.15, -0.1) is 0 Å². The van der Waals surface area contributed by atoms with E-state index in [1.807, 2.05) is 0 Å². The van der Waals surface area contributed by atoms with E-state index < -0.39 is 11.9 Å². The summed E-state index contributed by atoms with van der Waals surface area (Å²) in [6.45, 7) is 0.289. The van der Waals surface area contributed by atoms with Crippen molar-refractivity contribution in [3.63, 3.8) is 0 Å². The van der Waals surface area contributed by atoms with Gasteiger partial charge >= 0.3 is 6.18 Å². The Bertz CT molecular complexity index is 565. The molecule has 2 aromatic rings. The van der Waals surface area contributed by atoms with Gasteiger partial charge in [0.05, 0.1) is 11.1 Å². The van der Waals surface area contributed by atoms with Gasteiger partial charge in [-0.2, -0.15) is 13.2 Å². The minimum Gasteiger partial charge on any atom is -0.357 e. The first-order valence-electron chi connectivity index (χ1n) is 5.16. The molecule has 0 aliphatic rings. The van der Waals surface area contributed by atoms with Crippen LogP contribution in [0.2, 0.25) is 0 Å². The van der Waals surface area contributed by atoms with E-state index in [1.165, 1.54) is 23.6 Å². The molecular formula is C11H8F3N3OS. The van der Waals surface area contributed by atoms with Gasteiger partial charge < -0.3 is 5.32 Å². The first kappa shape index (κ1) is 13.5. The Morgan fingerprint density at radius 1 is 1.26 bits per heavy atom. The molecule has 0 saturated heterocycles. The first-order chi connectivity index (χ1) is 8.99. The molecule has 0 aromatic carbocycles. The quantitative estimate of drug-likeness (QED) is 0.878. The van der Waals surface area contributed by atoms with Crippen molar-refractivity contribution in [2.45, 2.75) is 12.7 Å². The van der Waals surface area contributed by atoms with Crippen LogP contribution in [0.3, 0.4) is 0 Å². The number of hydrogen-bond donors (Lipinski definition) is 1. The lowest BCUT2D eigenvalue weighted by Crippen LogP contribution is -2.08. The van der Waals surface area contributed by atoms with Crippen LogP contribution in [0.1, 0.15) is 20.9 Å². The highest BCUT2D eigenvalue weighted by atomic mass is 32.1. The van der Waals surface area contributed by atoms with Crippen LogP contribution in [0.25, 0.3) is 0 Å². The van der Waals surface area contributed by atoms with E-state index in [0.29, 0.717) is 21.9 Å². The van der Waals surface area contributed by atoms with Crippen molar-refractivity contribution in [1.29, 1.82) is 0 Å². The number of carbonyl (C=O) groups is 1. The molecule has 4 nitrogen and oxygen atoms in total. The molecular weight excluding hydrogens is 279 g/mol. The van der Waals surface area contributed by atoms with Crippen molar-refractivity contribution in [1.82, 2.24) is 9.97 Å². The Morgan fingerprint density at radius 2 is 2.05 bits per heavy atom. The van der Waals surface area contributed by atoms with Crippen LogP contribution in [0.4, 0.5) is 18.3 Å². The second kappa shape index (κ2) is 5.35. The van der Waals surface area contributed by atoms with E-state index in [-0.39, 0.29) is 6.54 Å². The summed E-state index contributed by atoms with van der Waals surface area (Å²) in [5.74, 6) is 0. The van der Waals surface area contributed by atoms with Crippen molar-refractivity contribution >= 4 is 22.8 Å². The van der Waals surface area contributed by atoms with Gasteiger partial charge in [-0.05, 0) is 11.6 Å². The van der Waals surface area contributed by atoms with Gasteiger partial charge in [-0.1, -0.05) is 17.4 Å². The van der Waals surface area contributed by atoms with E-state index in [1.54, 1.807) is 0 Å². The van der Waals surface area contributed by atoms with E-state index in [2.05, 4.69) is 15.3 Å². The fourth-order valence-corrected chi connectivity index (χ4v) is 1.92. The Kier molecular flexibility index (Phi) is 3.79. The second-order valence-corrected chi connectivity index (χ2v) is 4.65. The maximum Gasteiger partial charge on any atom is 0.433 e. The highest BCUT2D eigenvalue weighted by Crippen LogP contribution is 2.27. The summed E-state index contributed by atoms with van der Waals surface area (Å²) >= 11 is 1.17. The number of anilines is 1. The predicted molar refractivity (Wildman–Crippen MR) is 64.1 cm³/mol. The van der Waals surface area contributed by atoms with Crippen LogP contribution < -0.4 is 5.32 Å². The van der Waals surface area contributed by atoms with Gasteiger partial charge in [-0.25, -0.2) is 4.98 Å². The summed E-state index contributed by atoms with van der Waals surface area (Å²) in [6, 6.07) is 2.27. The zero-order chi connectivity index (χ0) is 13.9. The van der Waals surface area contributed by atoms with Crippen molar-refractivity contribution in [2.24, 2.45) is 0 Å². The van der Waals surface area contributed by atoms with Gasteiger partial charge in [0.1, 0.15) is 5.69 Å². The molecule has 2 rings (SSSR count). The van der Waals surface area contributed by atoms with Crippen LogP contribution in [0, 0.1) is 0 Å². The lowest BCUT2D eigenvalue weighted by atomic mass is 10.2. The molecule has 0 amide bonds. The standard InChI is InChI=1S/C11H8F3N3OS/c12-11(13,14)9-2-1-7(3-15-9)4-16-10-17-5-8(6-18)19-10/h1-3,5-6H,4H2,(H,16,17). The highest BCUT2D eigenvalue weighted by molar-refractivity contribution is 7.17. The number of nitrogens with one attached hydrogen (secondary N) is 1. The lowest BCUT2D eigenvalue weighted by molar-refractivity contribution is -0.141. The van der Waals surface area contributed by atoms with Crippen molar-refractivity contribution in [2.75, 3.05) is 5.32 Å². The molecule has 2 heterocycles. The van der Waals surface area contributed by atoms with Crippen LogP contribution >= 0.6 is 11.3 Å². The Hall–Kier alpha value is -1.96. The maximum atomic E-state index is 12.3. The normalized spacial score (nSPS) is 11.3. The van der Waals surface area contributed by atoms with Gasteiger partial charge in [0, 0.05) is 12.7 Å². The Labute approximate surface area is 110 Å². The SMILES string of the molecule is O=Cc1cnc(NCc2ccc(C(F)(F)F)nc2)s1. The van der Waals surface area contributed by atoms with Crippen molar-refractivity contribution in [3.8, 4) is 0 Å². The largest absolute Gasteiger partial charge is 0.433 e. The van der Waals surface area contributed by atoms with Crippen molar-refractivity contribution < 1.29 is 18.0 Å². The predicted octanol–water partition coefficient (Wildman–Crippen LogP) is 2.98. The summed E-state index contributed by atoms with van der Waals surface area (Å²) in [7, 11) is 0. The molecule has 0 aliphatic carbocycles. The van der Waals surface area contributed by atoms with E-state index in [9.17, 15) is 18.0 Å². The number of alkyl halides is 3. The number of pyridine rings is 1. The smallest absolute Gasteiger partial charge is 0.357 e. The second-order valence-electron chi connectivity index (χ2n) is 3.59. The van der Waals surface area contributed by atoms with Gasteiger partial charge in [0.15, 0.2) is 11.4 Å². The fraction of sp³-hybridized carbons (Fsp3) is 0.182. The lowest BCUT2D eigenvalue weighted by Gasteiger charge is -2.06. The molecule has 0 saturated carbocycles. The fourth-order valence-electron chi connectivity index (χ4n) is 1.30. The number of halogens is 3. The zero-order valence-electron chi connectivity index (χ0n) is 9.44. The topological polar surface area (TPSA) is 54.9 Å². The highest BCUT2D eigenvalue weighted by Gasteiger charge is 2.31. The monoisotopic (exact) mass is 287 g/mol. The summed E-state index contributed by atoms with van der Waals surface area (Å²) in [5.41, 5.74) is -0.329. The number of rotatable bonds is 4. The van der Waals surface area contributed by atoms with Gasteiger partial charge in [-0.3, -0.25) is 9.78 Å². The third-order valence-corrected chi connectivity index (χ3v) is 3.08. The third-order valence-electron chi connectivity index (χ3n) is 2.20. The van der Waals surface area contributed by atoms with Crippen LogP contribution in [-0.2, 0) is 12.7 Å². The Morgan fingerprint density at radius 3 is 2.58 bits per heavy atom. The molecule has 0 spiro atoms. The van der Waals surface area contributed by atoms with E-state index >= 15 is 0 Å². The maximum absolute atomic E-state index is 12.3. The molecule has 0 radical (unpaired) electrons. The zero-order valence-corrected chi connectivity index (χ0v) is 10.3. The molecule has 0 atom stereocenters.